The fraction of sp³-hybridized carbons (Fsp3) is 0.125. The van der Waals surface area contributed by atoms with Gasteiger partial charge in [-0.05, 0) is 30.7 Å². The molecule has 0 bridgehead atoms. The molecule has 1 unspecified atom stereocenters. The Bertz CT molecular complexity index is 750. The number of rotatable bonds is 3. The number of hydrogen-bond acceptors (Lipinski definition) is 2. The predicted molar refractivity (Wildman–Crippen MR) is 70.2 cm³/mol. The van der Waals surface area contributed by atoms with E-state index in [0.29, 0.717) is 11.6 Å². The standard InChI is InChI=1S/C16H10F3NO/c1-9-2-3-10(17)6-13(9)16(21)14(8-20)12-5-4-11(18)7-15(12)19/h2-7,14H,1H3. The van der Waals surface area contributed by atoms with Gasteiger partial charge in [-0.2, -0.15) is 5.26 Å². The number of nitrogens with zero attached hydrogens (tertiary/aromatic N) is 1. The van der Waals surface area contributed by atoms with Crippen molar-refractivity contribution in [3.8, 4) is 6.07 Å². The molecule has 5 heteroatoms. The number of carbonyl (C=O) groups is 1. The molecule has 0 N–H and O–H groups in total. The Balaban J connectivity index is 2.49. The molecule has 0 radical (unpaired) electrons. The van der Waals surface area contributed by atoms with Gasteiger partial charge >= 0.3 is 0 Å². The largest absolute Gasteiger partial charge is 0.292 e. The zero-order valence-electron chi connectivity index (χ0n) is 11.0. The SMILES string of the molecule is Cc1ccc(F)cc1C(=O)C(C#N)c1ccc(F)cc1F. The quantitative estimate of drug-likeness (QED) is 0.804. The van der Waals surface area contributed by atoms with Gasteiger partial charge in [-0.1, -0.05) is 12.1 Å². The number of nitriles is 1. The first-order valence-corrected chi connectivity index (χ1v) is 6.09. The summed E-state index contributed by atoms with van der Waals surface area (Å²) < 4.78 is 39.9. The molecule has 2 aromatic rings. The summed E-state index contributed by atoms with van der Waals surface area (Å²) in [5, 5.41) is 9.14. The van der Waals surface area contributed by atoms with Crippen molar-refractivity contribution in [2.75, 3.05) is 0 Å². The Kier molecular flexibility index (Phi) is 4.08. The van der Waals surface area contributed by atoms with Crippen LogP contribution in [0, 0.1) is 35.7 Å². The van der Waals surface area contributed by atoms with Crippen molar-refractivity contribution in [1.29, 1.82) is 5.26 Å². The van der Waals surface area contributed by atoms with Gasteiger partial charge in [0.1, 0.15) is 23.4 Å². The van der Waals surface area contributed by atoms with Gasteiger partial charge in [-0.15, -0.1) is 0 Å². The van der Waals surface area contributed by atoms with E-state index >= 15 is 0 Å². The second-order valence-corrected chi connectivity index (χ2v) is 4.55. The van der Waals surface area contributed by atoms with Crippen LogP contribution in [0.4, 0.5) is 13.2 Å². The molecular weight excluding hydrogens is 279 g/mol. The lowest BCUT2D eigenvalue weighted by Gasteiger charge is -2.11. The van der Waals surface area contributed by atoms with Crippen molar-refractivity contribution in [3.05, 3.63) is 70.5 Å². The zero-order valence-corrected chi connectivity index (χ0v) is 11.0. The molecule has 2 aromatic carbocycles. The molecule has 2 rings (SSSR count). The average molecular weight is 289 g/mol. The van der Waals surface area contributed by atoms with Crippen LogP contribution >= 0.6 is 0 Å². The van der Waals surface area contributed by atoms with Gasteiger partial charge in [0.05, 0.1) is 6.07 Å². The molecule has 0 saturated carbocycles. The number of benzene rings is 2. The van der Waals surface area contributed by atoms with Crippen LogP contribution in [-0.2, 0) is 0 Å². The first-order valence-electron chi connectivity index (χ1n) is 6.09. The van der Waals surface area contributed by atoms with Crippen LogP contribution in [0.2, 0.25) is 0 Å². The smallest absolute Gasteiger partial charge is 0.184 e. The lowest BCUT2D eigenvalue weighted by Crippen LogP contribution is -2.14. The second kappa shape index (κ2) is 5.80. The molecular formula is C16H10F3NO. The third-order valence-electron chi connectivity index (χ3n) is 3.13. The topological polar surface area (TPSA) is 40.9 Å². The molecule has 0 aliphatic carbocycles. The molecule has 21 heavy (non-hydrogen) atoms. The van der Waals surface area contributed by atoms with E-state index < -0.39 is 29.2 Å². The summed E-state index contributed by atoms with van der Waals surface area (Å²) in [7, 11) is 0. The maximum Gasteiger partial charge on any atom is 0.184 e. The van der Waals surface area contributed by atoms with Crippen LogP contribution in [0.1, 0.15) is 27.4 Å². The molecule has 0 fully saturated rings. The number of ketones is 1. The monoisotopic (exact) mass is 289 g/mol. The summed E-state index contributed by atoms with van der Waals surface area (Å²) in [6.45, 7) is 1.59. The third kappa shape index (κ3) is 2.95. The van der Waals surface area contributed by atoms with E-state index in [1.165, 1.54) is 12.1 Å². The fourth-order valence-corrected chi connectivity index (χ4v) is 2.02. The molecule has 0 amide bonds. The molecule has 1 atom stereocenters. The molecule has 106 valence electrons. The maximum absolute atomic E-state index is 13.7. The van der Waals surface area contributed by atoms with Gasteiger partial charge in [-0.25, -0.2) is 13.2 Å². The van der Waals surface area contributed by atoms with E-state index in [-0.39, 0.29) is 11.1 Å². The Labute approximate surface area is 119 Å². The Morgan fingerprint density at radius 3 is 2.33 bits per heavy atom. The van der Waals surface area contributed by atoms with Crippen molar-refractivity contribution in [3.63, 3.8) is 0 Å². The number of halogens is 3. The van der Waals surface area contributed by atoms with Crippen molar-refractivity contribution < 1.29 is 18.0 Å². The number of Topliss-reactive ketones (excluding diaryl/α,β-unsaturated/α-hetero) is 1. The van der Waals surface area contributed by atoms with E-state index in [4.69, 9.17) is 5.26 Å². The Morgan fingerprint density at radius 1 is 1.10 bits per heavy atom. The third-order valence-corrected chi connectivity index (χ3v) is 3.13. The van der Waals surface area contributed by atoms with Gasteiger partial charge in [0.15, 0.2) is 5.78 Å². The highest BCUT2D eigenvalue weighted by Crippen LogP contribution is 2.25. The van der Waals surface area contributed by atoms with Crippen LogP contribution < -0.4 is 0 Å². The van der Waals surface area contributed by atoms with Gasteiger partial charge in [-0.3, -0.25) is 4.79 Å². The first-order chi connectivity index (χ1) is 9.93. The molecule has 0 heterocycles. The van der Waals surface area contributed by atoms with E-state index in [2.05, 4.69) is 0 Å². The second-order valence-electron chi connectivity index (χ2n) is 4.55. The van der Waals surface area contributed by atoms with Crippen LogP contribution in [0.15, 0.2) is 36.4 Å². The van der Waals surface area contributed by atoms with Crippen molar-refractivity contribution in [2.45, 2.75) is 12.8 Å². The van der Waals surface area contributed by atoms with Crippen molar-refractivity contribution in [2.24, 2.45) is 0 Å². The first kappa shape index (κ1) is 14.8. The molecule has 0 aliphatic rings. The minimum Gasteiger partial charge on any atom is -0.292 e. The zero-order chi connectivity index (χ0) is 15.6. The van der Waals surface area contributed by atoms with Crippen LogP contribution in [0.5, 0.6) is 0 Å². The van der Waals surface area contributed by atoms with Crippen molar-refractivity contribution in [1.82, 2.24) is 0 Å². The van der Waals surface area contributed by atoms with Gasteiger partial charge in [0.25, 0.3) is 0 Å². The lowest BCUT2D eigenvalue weighted by molar-refractivity contribution is 0.0976. The van der Waals surface area contributed by atoms with Gasteiger partial charge in [0.2, 0.25) is 0 Å². The Morgan fingerprint density at radius 2 is 1.71 bits per heavy atom. The summed E-state index contributed by atoms with van der Waals surface area (Å²) in [6, 6.07) is 7.90. The normalized spacial score (nSPS) is 11.8. The minimum absolute atomic E-state index is 0.00488. The fourth-order valence-electron chi connectivity index (χ4n) is 2.02. The summed E-state index contributed by atoms with van der Waals surface area (Å²) in [4.78, 5) is 12.3. The molecule has 0 spiro atoms. The minimum atomic E-state index is -1.45. The number of aryl methyl sites for hydroxylation is 1. The predicted octanol–water partition coefficient (Wildman–Crippen LogP) is 3.90. The summed E-state index contributed by atoms with van der Waals surface area (Å²) in [6.07, 6.45) is 0. The van der Waals surface area contributed by atoms with E-state index in [1.807, 2.05) is 0 Å². The highest BCUT2D eigenvalue weighted by Gasteiger charge is 2.26. The van der Waals surface area contributed by atoms with Gasteiger partial charge in [0, 0.05) is 17.2 Å². The molecule has 0 aliphatic heterocycles. The van der Waals surface area contributed by atoms with Crippen molar-refractivity contribution >= 4 is 5.78 Å². The molecule has 0 aromatic heterocycles. The highest BCUT2D eigenvalue weighted by molar-refractivity contribution is 6.03. The summed E-state index contributed by atoms with van der Waals surface area (Å²) in [5.74, 6) is -4.59. The molecule has 2 nitrogen and oxygen atoms in total. The van der Waals surface area contributed by atoms with Crippen LogP contribution in [0.25, 0.3) is 0 Å². The molecule has 0 saturated heterocycles. The van der Waals surface area contributed by atoms with E-state index in [0.717, 1.165) is 18.2 Å². The summed E-state index contributed by atoms with van der Waals surface area (Å²) in [5.41, 5.74) is 0.252. The van der Waals surface area contributed by atoms with Crippen LogP contribution in [0.3, 0.4) is 0 Å². The van der Waals surface area contributed by atoms with Gasteiger partial charge < -0.3 is 0 Å². The highest BCUT2D eigenvalue weighted by atomic mass is 19.1. The average Bonchev–Trinajstić information content (AvgIpc) is 2.44. The van der Waals surface area contributed by atoms with Crippen LogP contribution in [-0.4, -0.2) is 5.78 Å². The van der Waals surface area contributed by atoms with E-state index in [9.17, 15) is 18.0 Å². The number of hydrogen-bond donors (Lipinski definition) is 0. The summed E-state index contributed by atoms with van der Waals surface area (Å²) >= 11 is 0. The maximum atomic E-state index is 13.7. The number of carbonyl (C=O) groups excluding carboxylic acids is 1. The Hall–Kier alpha value is -2.61. The van der Waals surface area contributed by atoms with E-state index in [1.54, 1.807) is 13.0 Å². The lowest BCUT2D eigenvalue weighted by atomic mass is 9.89.